The number of benzene rings is 2. The van der Waals surface area contributed by atoms with Gasteiger partial charge >= 0.3 is 0 Å². The van der Waals surface area contributed by atoms with E-state index < -0.39 is 4.92 Å². The van der Waals surface area contributed by atoms with Crippen molar-refractivity contribution in [2.45, 2.75) is 13.5 Å². The highest BCUT2D eigenvalue weighted by Gasteiger charge is 2.12. The van der Waals surface area contributed by atoms with E-state index in [1.807, 2.05) is 31.2 Å². The van der Waals surface area contributed by atoms with Gasteiger partial charge in [-0.2, -0.15) is 0 Å². The molecule has 19 heavy (non-hydrogen) atoms. The summed E-state index contributed by atoms with van der Waals surface area (Å²) in [5.41, 5.74) is 2.08. The maximum Gasteiger partial charge on any atom is 0.288 e. The molecule has 4 nitrogen and oxygen atoms in total. The summed E-state index contributed by atoms with van der Waals surface area (Å²) in [5, 5.41) is 10.7. The van der Waals surface area contributed by atoms with Gasteiger partial charge in [-0.1, -0.05) is 35.9 Å². The fraction of sp³-hybridized carbons (Fsp3) is 0.143. The van der Waals surface area contributed by atoms with Gasteiger partial charge in [-0.05, 0) is 24.1 Å². The van der Waals surface area contributed by atoms with Crippen LogP contribution in [-0.4, -0.2) is 4.92 Å². The zero-order valence-corrected chi connectivity index (χ0v) is 11.1. The van der Waals surface area contributed by atoms with Crippen molar-refractivity contribution >= 4 is 17.3 Å². The summed E-state index contributed by atoms with van der Waals surface area (Å²) < 4.78 is 5.58. The van der Waals surface area contributed by atoms with Gasteiger partial charge in [0.1, 0.15) is 17.4 Å². The fourth-order valence-electron chi connectivity index (χ4n) is 1.66. The second kappa shape index (κ2) is 5.71. The van der Waals surface area contributed by atoms with E-state index in [0.29, 0.717) is 12.4 Å². The van der Waals surface area contributed by atoms with E-state index in [2.05, 4.69) is 0 Å². The predicted molar refractivity (Wildman–Crippen MR) is 73.6 cm³/mol. The quantitative estimate of drug-likeness (QED) is 0.623. The summed E-state index contributed by atoms with van der Waals surface area (Å²) >= 11 is 5.82. The molecular formula is C14H12ClNO3. The molecule has 5 heteroatoms. The Bertz CT molecular complexity index is 613. The number of rotatable bonds is 4. The molecule has 0 atom stereocenters. The molecule has 2 aromatic rings. The normalized spacial score (nSPS) is 10.2. The Labute approximate surface area is 115 Å². The second-order valence-corrected chi connectivity index (χ2v) is 4.49. The van der Waals surface area contributed by atoms with Crippen LogP contribution in [0.15, 0.2) is 42.5 Å². The van der Waals surface area contributed by atoms with Crippen LogP contribution >= 0.6 is 11.6 Å². The van der Waals surface area contributed by atoms with Gasteiger partial charge in [0.15, 0.2) is 0 Å². The minimum atomic E-state index is -0.520. The average molecular weight is 278 g/mol. The first-order chi connectivity index (χ1) is 9.08. The fourth-order valence-corrected chi connectivity index (χ4v) is 1.90. The van der Waals surface area contributed by atoms with Crippen LogP contribution in [0.25, 0.3) is 0 Å². The Hall–Kier alpha value is -2.07. The SMILES string of the molecule is Cc1ccccc1COc1ccc([N+](=O)[O-])c(Cl)c1. The lowest BCUT2D eigenvalue weighted by Crippen LogP contribution is -1.98. The molecule has 0 fully saturated rings. The molecule has 0 aliphatic carbocycles. The third-order valence-corrected chi connectivity index (χ3v) is 3.07. The van der Waals surface area contributed by atoms with Crippen LogP contribution in [0.2, 0.25) is 5.02 Å². The van der Waals surface area contributed by atoms with Crippen LogP contribution in [-0.2, 0) is 6.61 Å². The zero-order valence-electron chi connectivity index (χ0n) is 10.3. The molecule has 0 saturated carbocycles. The first-order valence-corrected chi connectivity index (χ1v) is 6.07. The van der Waals surface area contributed by atoms with Crippen molar-refractivity contribution in [1.29, 1.82) is 0 Å². The molecule has 0 radical (unpaired) electrons. The van der Waals surface area contributed by atoms with E-state index in [1.54, 1.807) is 6.07 Å². The van der Waals surface area contributed by atoms with Crippen molar-refractivity contribution in [3.8, 4) is 5.75 Å². The van der Waals surface area contributed by atoms with Crippen molar-refractivity contribution in [3.63, 3.8) is 0 Å². The Balaban J connectivity index is 2.11. The number of nitrogens with zero attached hydrogens (tertiary/aromatic N) is 1. The molecule has 0 bridgehead atoms. The summed E-state index contributed by atoms with van der Waals surface area (Å²) in [6, 6.07) is 12.2. The molecule has 0 aliphatic rings. The predicted octanol–water partition coefficient (Wildman–Crippen LogP) is 4.14. The molecular weight excluding hydrogens is 266 g/mol. The van der Waals surface area contributed by atoms with Gasteiger partial charge in [-0.15, -0.1) is 0 Å². The molecule has 98 valence electrons. The minimum Gasteiger partial charge on any atom is -0.489 e. The maximum absolute atomic E-state index is 10.6. The smallest absolute Gasteiger partial charge is 0.288 e. The summed E-state index contributed by atoms with van der Waals surface area (Å²) in [7, 11) is 0. The van der Waals surface area contributed by atoms with Crippen LogP contribution in [0.4, 0.5) is 5.69 Å². The highest BCUT2D eigenvalue weighted by molar-refractivity contribution is 6.32. The van der Waals surface area contributed by atoms with Gasteiger partial charge in [-0.25, -0.2) is 0 Å². The van der Waals surface area contributed by atoms with Gasteiger partial charge in [0, 0.05) is 12.1 Å². The largest absolute Gasteiger partial charge is 0.489 e. The van der Waals surface area contributed by atoms with Crippen molar-refractivity contribution < 1.29 is 9.66 Å². The van der Waals surface area contributed by atoms with E-state index >= 15 is 0 Å². The maximum atomic E-state index is 10.6. The van der Waals surface area contributed by atoms with Gasteiger partial charge in [-0.3, -0.25) is 10.1 Å². The highest BCUT2D eigenvalue weighted by atomic mass is 35.5. The standard InChI is InChI=1S/C14H12ClNO3/c1-10-4-2-3-5-11(10)9-19-12-6-7-14(16(17)18)13(15)8-12/h2-8H,9H2,1H3. The van der Waals surface area contributed by atoms with Crippen LogP contribution in [0.5, 0.6) is 5.75 Å². The Morgan fingerprint density at radius 3 is 2.63 bits per heavy atom. The molecule has 0 unspecified atom stereocenters. The lowest BCUT2D eigenvalue weighted by molar-refractivity contribution is -0.384. The number of aryl methyl sites for hydroxylation is 1. The van der Waals surface area contributed by atoms with E-state index in [4.69, 9.17) is 16.3 Å². The number of hydrogen-bond acceptors (Lipinski definition) is 3. The van der Waals surface area contributed by atoms with Crippen LogP contribution in [0.3, 0.4) is 0 Å². The second-order valence-electron chi connectivity index (χ2n) is 4.09. The Morgan fingerprint density at radius 2 is 2.00 bits per heavy atom. The summed E-state index contributed by atoms with van der Waals surface area (Å²) in [5.74, 6) is 0.513. The van der Waals surface area contributed by atoms with Crippen molar-refractivity contribution in [2.75, 3.05) is 0 Å². The average Bonchev–Trinajstić information content (AvgIpc) is 2.37. The molecule has 2 rings (SSSR count). The van der Waals surface area contributed by atoms with Crippen LogP contribution < -0.4 is 4.74 Å². The molecule has 0 heterocycles. The van der Waals surface area contributed by atoms with Crippen molar-refractivity contribution in [2.24, 2.45) is 0 Å². The summed E-state index contributed by atoms with van der Waals surface area (Å²) in [4.78, 5) is 10.1. The van der Waals surface area contributed by atoms with Crippen LogP contribution in [0, 0.1) is 17.0 Å². The van der Waals surface area contributed by atoms with E-state index in [0.717, 1.165) is 11.1 Å². The Kier molecular flexibility index (Phi) is 4.02. The van der Waals surface area contributed by atoms with Gasteiger partial charge in [0.25, 0.3) is 5.69 Å². The van der Waals surface area contributed by atoms with Crippen LogP contribution in [0.1, 0.15) is 11.1 Å². The third kappa shape index (κ3) is 3.23. The van der Waals surface area contributed by atoms with E-state index in [9.17, 15) is 10.1 Å². The zero-order chi connectivity index (χ0) is 13.8. The first kappa shape index (κ1) is 13.4. The molecule has 2 aromatic carbocycles. The molecule has 0 aromatic heterocycles. The van der Waals surface area contributed by atoms with E-state index in [1.165, 1.54) is 12.1 Å². The van der Waals surface area contributed by atoms with Crippen molar-refractivity contribution in [3.05, 3.63) is 68.7 Å². The van der Waals surface area contributed by atoms with Gasteiger partial charge in [0.05, 0.1) is 4.92 Å². The minimum absolute atomic E-state index is 0.0762. The first-order valence-electron chi connectivity index (χ1n) is 5.69. The molecule has 0 spiro atoms. The summed E-state index contributed by atoms with van der Waals surface area (Å²) in [6.07, 6.45) is 0. The summed E-state index contributed by atoms with van der Waals surface area (Å²) in [6.45, 7) is 2.41. The van der Waals surface area contributed by atoms with Crippen molar-refractivity contribution in [1.82, 2.24) is 0 Å². The number of nitro groups is 1. The van der Waals surface area contributed by atoms with E-state index in [-0.39, 0.29) is 10.7 Å². The lowest BCUT2D eigenvalue weighted by atomic mass is 10.1. The lowest BCUT2D eigenvalue weighted by Gasteiger charge is -2.08. The number of nitro benzene ring substituents is 1. The van der Waals surface area contributed by atoms with Gasteiger partial charge in [0.2, 0.25) is 0 Å². The third-order valence-electron chi connectivity index (χ3n) is 2.77. The molecule has 0 aliphatic heterocycles. The molecule has 0 amide bonds. The Morgan fingerprint density at radius 1 is 1.26 bits per heavy atom. The highest BCUT2D eigenvalue weighted by Crippen LogP contribution is 2.28. The number of ether oxygens (including phenoxy) is 1. The molecule has 0 saturated heterocycles. The van der Waals surface area contributed by atoms with Gasteiger partial charge < -0.3 is 4.74 Å². The number of hydrogen-bond donors (Lipinski definition) is 0. The topological polar surface area (TPSA) is 52.4 Å². The molecule has 0 N–H and O–H groups in total. The monoisotopic (exact) mass is 277 g/mol. The number of halogens is 1.